The summed E-state index contributed by atoms with van der Waals surface area (Å²) < 4.78 is 17.9. The number of ether oxygens (including phenoxy) is 3. The summed E-state index contributed by atoms with van der Waals surface area (Å²) in [5.74, 6) is 0.899. The zero-order valence-corrected chi connectivity index (χ0v) is 15.5. The number of esters is 1. The van der Waals surface area contributed by atoms with Crippen molar-refractivity contribution in [2.45, 2.75) is 13.3 Å². The van der Waals surface area contributed by atoms with Gasteiger partial charge in [-0.05, 0) is 36.8 Å². The molecular formula is C21H20N2O4. The van der Waals surface area contributed by atoms with Crippen molar-refractivity contribution in [2.24, 2.45) is 0 Å². The maximum absolute atomic E-state index is 12.5. The Morgan fingerprint density at radius 2 is 1.81 bits per heavy atom. The molecule has 0 spiro atoms. The Balaban J connectivity index is 1.95. The van der Waals surface area contributed by atoms with E-state index < -0.39 is 5.97 Å². The maximum atomic E-state index is 12.5. The van der Waals surface area contributed by atoms with Crippen molar-refractivity contribution in [3.05, 3.63) is 59.3 Å². The molecule has 1 heterocycles. The average Bonchev–Trinajstić information content (AvgIpc) is 3.24. The van der Waals surface area contributed by atoms with E-state index in [4.69, 9.17) is 14.2 Å². The fraction of sp³-hybridized carbons (Fsp3) is 0.238. The highest BCUT2D eigenvalue weighted by Gasteiger charge is 2.32. The Bertz CT molecular complexity index is 1010. The third kappa shape index (κ3) is 2.73. The largest absolute Gasteiger partial charge is 0.493 e. The lowest BCUT2D eigenvalue weighted by Crippen LogP contribution is -2.09. The monoisotopic (exact) mass is 364 g/mol. The molecule has 1 aliphatic rings. The van der Waals surface area contributed by atoms with Crippen LogP contribution in [0.1, 0.15) is 28.5 Å². The number of hydrogen-bond acceptors (Lipinski definition) is 5. The second kappa shape index (κ2) is 6.79. The second-order valence-electron chi connectivity index (χ2n) is 6.18. The Morgan fingerprint density at radius 1 is 1.11 bits per heavy atom. The fourth-order valence-corrected chi connectivity index (χ4v) is 3.49. The number of hydrogen-bond donors (Lipinski definition) is 0. The summed E-state index contributed by atoms with van der Waals surface area (Å²) in [6.45, 7) is 2.09. The number of rotatable bonds is 5. The summed E-state index contributed by atoms with van der Waals surface area (Å²) in [5, 5.41) is 4.59. The normalized spacial score (nSPS) is 11.7. The Kier molecular flexibility index (Phi) is 4.32. The van der Waals surface area contributed by atoms with E-state index in [1.54, 1.807) is 25.8 Å². The summed E-state index contributed by atoms with van der Waals surface area (Å²) in [5.41, 5.74) is 5.03. The molecule has 0 radical (unpaired) electrons. The molecule has 0 N–H and O–H groups in total. The topological polar surface area (TPSA) is 62.6 Å². The molecule has 0 amide bonds. The standard InChI is InChI=1S/C21H20N2O4/c1-4-27-21(24)19-16-10-13-11-17(25-2)18(26-3)12-15(13)20(16)23(22-19)14-8-6-5-7-9-14/h5-9,11-12H,4,10H2,1-3H3. The lowest BCUT2D eigenvalue weighted by molar-refractivity contribution is 0.0518. The first-order valence-electron chi connectivity index (χ1n) is 8.77. The van der Waals surface area contributed by atoms with Crippen molar-refractivity contribution in [3.63, 3.8) is 0 Å². The highest BCUT2D eigenvalue weighted by Crippen LogP contribution is 2.44. The van der Waals surface area contributed by atoms with Gasteiger partial charge in [-0.2, -0.15) is 5.10 Å². The summed E-state index contributed by atoms with van der Waals surface area (Å²) in [6, 6.07) is 13.6. The first-order valence-corrected chi connectivity index (χ1v) is 8.77. The Hall–Kier alpha value is -3.28. The van der Waals surface area contributed by atoms with Gasteiger partial charge in [-0.25, -0.2) is 9.48 Å². The molecule has 6 heteroatoms. The molecule has 2 aromatic carbocycles. The van der Waals surface area contributed by atoms with Gasteiger partial charge >= 0.3 is 5.97 Å². The number of aromatic nitrogens is 2. The molecular weight excluding hydrogens is 344 g/mol. The number of carbonyl (C=O) groups is 1. The smallest absolute Gasteiger partial charge is 0.359 e. The van der Waals surface area contributed by atoms with E-state index in [0.29, 0.717) is 30.2 Å². The number of nitrogens with zero attached hydrogens (tertiary/aromatic N) is 2. The number of para-hydroxylation sites is 1. The van der Waals surface area contributed by atoms with Crippen LogP contribution in [0.5, 0.6) is 11.5 Å². The molecule has 0 fully saturated rings. The summed E-state index contributed by atoms with van der Waals surface area (Å²) in [4.78, 5) is 12.5. The van der Waals surface area contributed by atoms with Gasteiger partial charge in [-0.3, -0.25) is 0 Å². The van der Waals surface area contributed by atoms with Gasteiger partial charge in [0.1, 0.15) is 0 Å². The van der Waals surface area contributed by atoms with E-state index in [1.807, 2.05) is 42.5 Å². The van der Waals surface area contributed by atoms with Crippen LogP contribution in [0.3, 0.4) is 0 Å². The second-order valence-corrected chi connectivity index (χ2v) is 6.18. The van der Waals surface area contributed by atoms with Crippen molar-refractivity contribution in [3.8, 4) is 28.4 Å². The molecule has 1 aliphatic carbocycles. The van der Waals surface area contributed by atoms with Crippen LogP contribution in [0.4, 0.5) is 0 Å². The molecule has 0 saturated carbocycles. The molecule has 0 bridgehead atoms. The van der Waals surface area contributed by atoms with Crippen molar-refractivity contribution in [1.29, 1.82) is 0 Å². The molecule has 0 saturated heterocycles. The molecule has 4 rings (SSSR count). The first kappa shape index (κ1) is 17.1. The predicted molar refractivity (Wildman–Crippen MR) is 101 cm³/mol. The highest BCUT2D eigenvalue weighted by atomic mass is 16.5. The van der Waals surface area contributed by atoms with Crippen LogP contribution in [0, 0.1) is 0 Å². The van der Waals surface area contributed by atoms with E-state index in [1.165, 1.54) is 0 Å². The quantitative estimate of drug-likeness (QED) is 0.506. The van der Waals surface area contributed by atoms with Gasteiger partial charge in [-0.15, -0.1) is 0 Å². The highest BCUT2D eigenvalue weighted by molar-refractivity contribution is 5.94. The maximum Gasteiger partial charge on any atom is 0.359 e. The van der Waals surface area contributed by atoms with Crippen LogP contribution in [0.15, 0.2) is 42.5 Å². The lowest BCUT2D eigenvalue weighted by atomic mass is 10.1. The van der Waals surface area contributed by atoms with E-state index >= 15 is 0 Å². The number of carbonyl (C=O) groups excluding carboxylic acids is 1. The van der Waals surface area contributed by atoms with Crippen molar-refractivity contribution in [2.75, 3.05) is 20.8 Å². The molecule has 1 aromatic heterocycles. The fourth-order valence-electron chi connectivity index (χ4n) is 3.49. The zero-order valence-electron chi connectivity index (χ0n) is 15.5. The Morgan fingerprint density at radius 3 is 2.48 bits per heavy atom. The van der Waals surface area contributed by atoms with E-state index in [2.05, 4.69) is 5.10 Å². The van der Waals surface area contributed by atoms with Gasteiger partial charge in [0.25, 0.3) is 0 Å². The number of fused-ring (bicyclic) bond motifs is 3. The van der Waals surface area contributed by atoms with Gasteiger partial charge in [0.15, 0.2) is 17.2 Å². The molecule has 6 nitrogen and oxygen atoms in total. The van der Waals surface area contributed by atoms with Gasteiger partial charge in [0, 0.05) is 17.5 Å². The minimum absolute atomic E-state index is 0.306. The van der Waals surface area contributed by atoms with Crippen LogP contribution in [0.25, 0.3) is 16.9 Å². The van der Waals surface area contributed by atoms with Crippen LogP contribution >= 0.6 is 0 Å². The van der Waals surface area contributed by atoms with Gasteiger partial charge in [0.2, 0.25) is 0 Å². The van der Waals surface area contributed by atoms with E-state index in [9.17, 15) is 4.79 Å². The van der Waals surface area contributed by atoms with Crippen LogP contribution < -0.4 is 9.47 Å². The van der Waals surface area contributed by atoms with Gasteiger partial charge in [0.05, 0.1) is 32.2 Å². The summed E-state index contributed by atoms with van der Waals surface area (Å²) >= 11 is 0. The molecule has 0 aliphatic heterocycles. The number of methoxy groups -OCH3 is 2. The minimum atomic E-state index is -0.407. The van der Waals surface area contributed by atoms with Crippen molar-refractivity contribution < 1.29 is 19.0 Å². The van der Waals surface area contributed by atoms with Crippen molar-refractivity contribution >= 4 is 5.97 Å². The molecule has 138 valence electrons. The van der Waals surface area contributed by atoms with E-state index in [0.717, 1.165) is 28.1 Å². The number of benzene rings is 2. The summed E-state index contributed by atoms with van der Waals surface area (Å²) in [6.07, 6.45) is 0.589. The molecule has 3 aromatic rings. The third-order valence-corrected chi connectivity index (χ3v) is 4.68. The van der Waals surface area contributed by atoms with Gasteiger partial charge in [-0.1, -0.05) is 18.2 Å². The van der Waals surface area contributed by atoms with Gasteiger partial charge < -0.3 is 14.2 Å². The molecule has 0 atom stereocenters. The lowest BCUT2D eigenvalue weighted by Gasteiger charge is -2.12. The third-order valence-electron chi connectivity index (χ3n) is 4.68. The molecule has 27 heavy (non-hydrogen) atoms. The zero-order chi connectivity index (χ0) is 19.0. The SMILES string of the molecule is CCOC(=O)c1nn(-c2ccccc2)c2c1Cc1cc(OC)c(OC)cc1-2. The van der Waals surface area contributed by atoms with Crippen LogP contribution in [-0.4, -0.2) is 36.6 Å². The first-order chi connectivity index (χ1) is 13.2. The van der Waals surface area contributed by atoms with Crippen LogP contribution in [-0.2, 0) is 11.2 Å². The predicted octanol–water partition coefficient (Wildman–Crippen LogP) is 3.64. The summed E-state index contributed by atoms with van der Waals surface area (Å²) in [7, 11) is 3.22. The average molecular weight is 364 g/mol. The van der Waals surface area contributed by atoms with Crippen LogP contribution in [0.2, 0.25) is 0 Å². The molecule has 0 unspecified atom stereocenters. The van der Waals surface area contributed by atoms with E-state index in [-0.39, 0.29) is 0 Å². The Labute approximate surface area is 157 Å². The minimum Gasteiger partial charge on any atom is -0.493 e. The van der Waals surface area contributed by atoms with Crippen molar-refractivity contribution in [1.82, 2.24) is 9.78 Å².